The van der Waals surface area contributed by atoms with E-state index in [1.54, 1.807) is 0 Å². The van der Waals surface area contributed by atoms with Gasteiger partial charge in [-0.05, 0) is 61.2 Å². The predicted molar refractivity (Wildman–Crippen MR) is 95.2 cm³/mol. The van der Waals surface area contributed by atoms with E-state index in [1.165, 1.54) is 24.6 Å². The van der Waals surface area contributed by atoms with Gasteiger partial charge in [0.2, 0.25) is 11.1 Å². The van der Waals surface area contributed by atoms with E-state index in [0.717, 1.165) is 34.8 Å². The molecule has 7 heteroatoms. The van der Waals surface area contributed by atoms with Gasteiger partial charge in [0.05, 0.1) is 11.3 Å². The van der Waals surface area contributed by atoms with Gasteiger partial charge in [-0.2, -0.15) is 0 Å². The summed E-state index contributed by atoms with van der Waals surface area (Å²) in [5.74, 6) is -0.0327. The van der Waals surface area contributed by atoms with Crippen LogP contribution in [0.4, 0.5) is 5.69 Å². The molecule has 1 aromatic heterocycles. The minimum absolute atomic E-state index is 0.0327. The lowest BCUT2D eigenvalue weighted by Crippen LogP contribution is -2.23. The first-order valence-corrected chi connectivity index (χ1v) is 9.25. The molecule has 1 saturated carbocycles. The number of hydrogen-bond acceptors (Lipinski definition) is 5. The van der Waals surface area contributed by atoms with Crippen molar-refractivity contribution in [1.29, 1.82) is 0 Å². The molecule has 1 aromatic carbocycles. The van der Waals surface area contributed by atoms with Crippen LogP contribution in [0, 0.1) is 13.8 Å². The van der Waals surface area contributed by atoms with Gasteiger partial charge in [-0.3, -0.25) is 4.79 Å². The second-order valence-corrected chi connectivity index (χ2v) is 7.72. The van der Waals surface area contributed by atoms with Crippen LogP contribution in [0.3, 0.4) is 0 Å². The number of nitrogens with one attached hydrogen (secondary N) is 1. The van der Waals surface area contributed by atoms with Gasteiger partial charge in [-0.1, -0.05) is 36.7 Å². The smallest absolute Gasteiger partial charge is 0.237 e. The number of rotatable bonds is 5. The van der Waals surface area contributed by atoms with Crippen molar-refractivity contribution >= 4 is 23.4 Å². The molecular formula is C17H23N5OS. The van der Waals surface area contributed by atoms with Gasteiger partial charge in [-0.15, -0.1) is 5.10 Å². The Balaban J connectivity index is 1.66. The van der Waals surface area contributed by atoms with Crippen molar-refractivity contribution in [3.05, 3.63) is 29.3 Å². The number of tetrazole rings is 1. The molecule has 0 spiro atoms. The molecule has 2 aromatic rings. The van der Waals surface area contributed by atoms with Gasteiger partial charge in [-0.25, -0.2) is 4.68 Å². The summed E-state index contributed by atoms with van der Waals surface area (Å²) in [5, 5.41) is 15.5. The molecule has 1 N–H and O–H groups in total. The molecule has 128 valence electrons. The Morgan fingerprint density at radius 3 is 2.83 bits per heavy atom. The number of aryl methyl sites for hydroxylation is 2. The van der Waals surface area contributed by atoms with E-state index in [-0.39, 0.29) is 11.2 Å². The highest BCUT2D eigenvalue weighted by molar-refractivity contribution is 8.00. The molecule has 1 fully saturated rings. The van der Waals surface area contributed by atoms with Crippen LogP contribution in [0.1, 0.15) is 49.8 Å². The monoisotopic (exact) mass is 345 g/mol. The predicted octanol–water partition coefficient (Wildman–Crippen LogP) is 3.52. The van der Waals surface area contributed by atoms with Crippen LogP contribution in [0.25, 0.3) is 0 Å². The number of carbonyl (C=O) groups is 1. The SMILES string of the molecule is Cc1ccc(C)c(NC(=O)C(C)Sc2nnnn2C2CCCC2)c1. The quantitative estimate of drug-likeness (QED) is 0.839. The Bertz CT molecular complexity index is 724. The highest BCUT2D eigenvalue weighted by atomic mass is 32.2. The molecule has 0 bridgehead atoms. The molecule has 1 heterocycles. The standard InChI is InChI=1S/C17H23N5OS/c1-11-8-9-12(2)15(10-11)18-16(23)13(3)24-17-19-20-21-22(17)14-6-4-5-7-14/h8-10,13-14H,4-7H2,1-3H3,(H,18,23). The molecule has 3 rings (SSSR count). The minimum atomic E-state index is -0.268. The second kappa shape index (κ2) is 7.34. The third-order valence-electron chi connectivity index (χ3n) is 4.44. The molecule has 6 nitrogen and oxygen atoms in total. The van der Waals surface area contributed by atoms with Crippen molar-refractivity contribution < 1.29 is 4.79 Å². The van der Waals surface area contributed by atoms with Gasteiger partial charge in [0.25, 0.3) is 0 Å². The molecule has 0 radical (unpaired) electrons. The van der Waals surface area contributed by atoms with Crippen molar-refractivity contribution in [2.45, 2.75) is 62.9 Å². The first-order chi connectivity index (χ1) is 11.5. The number of benzene rings is 1. The highest BCUT2D eigenvalue weighted by Crippen LogP contribution is 2.32. The summed E-state index contributed by atoms with van der Waals surface area (Å²) in [4.78, 5) is 12.5. The molecule has 24 heavy (non-hydrogen) atoms. The summed E-state index contributed by atoms with van der Waals surface area (Å²) < 4.78 is 1.89. The fourth-order valence-corrected chi connectivity index (χ4v) is 3.82. The fraction of sp³-hybridized carbons (Fsp3) is 0.529. The zero-order chi connectivity index (χ0) is 17.1. The molecule has 1 unspecified atom stereocenters. The maximum Gasteiger partial charge on any atom is 0.237 e. The lowest BCUT2D eigenvalue weighted by molar-refractivity contribution is -0.115. The van der Waals surface area contributed by atoms with Gasteiger partial charge in [0.15, 0.2) is 0 Å². The van der Waals surface area contributed by atoms with Crippen LogP contribution >= 0.6 is 11.8 Å². The zero-order valence-electron chi connectivity index (χ0n) is 14.3. The van der Waals surface area contributed by atoms with Crippen LogP contribution < -0.4 is 5.32 Å². The third kappa shape index (κ3) is 3.77. The summed E-state index contributed by atoms with van der Waals surface area (Å²) >= 11 is 1.42. The Morgan fingerprint density at radius 1 is 1.33 bits per heavy atom. The Hall–Kier alpha value is -1.89. The maximum absolute atomic E-state index is 12.5. The van der Waals surface area contributed by atoms with Crippen LogP contribution in [-0.2, 0) is 4.79 Å². The number of anilines is 1. The summed E-state index contributed by atoms with van der Waals surface area (Å²) in [6.07, 6.45) is 4.66. The Kier molecular flexibility index (Phi) is 5.18. The Labute approximate surface area is 146 Å². The zero-order valence-corrected chi connectivity index (χ0v) is 15.1. The Morgan fingerprint density at radius 2 is 2.08 bits per heavy atom. The summed E-state index contributed by atoms with van der Waals surface area (Å²) in [5.41, 5.74) is 3.05. The van der Waals surface area contributed by atoms with E-state index < -0.39 is 0 Å². The molecular weight excluding hydrogens is 322 g/mol. The molecule has 1 aliphatic carbocycles. The van der Waals surface area contributed by atoms with E-state index in [2.05, 4.69) is 20.8 Å². The first-order valence-electron chi connectivity index (χ1n) is 8.37. The number of hydrogen-bond donors (Lipinski definition) is 1. The van der Waals surface area contributed by atoms with E-state index in [0.29, 0.717) is 6.04 Å². The van der Waals surface area contributed by atoms with Crippen LogP contribution in [0.2, 0.25) is 0 Å². The van der Waals surface area contributed by atoms with Crippen LogP contribution in [-0.4, -0.2) is 31.4 Å². The summed E-state index contributed by atoms with van der Waals surface area (Å²) in [6, 6.07) is 6.42. The van der Waals surface area contributed by atoms with Crippen LogP contribution in [0.5, 0.6) is 0 Å². The van der Waals surface area contributed by atoms with E-state index in [1.807, 2.05) is 43.7 Å². The fourth-order valence-electron chi connectivity index (χ4n) is 2.96. The number of nitrogens with zero attached hydrogens (tertiary/aromatic N) is 4. The minimum Gasteiger partial charge on any atom is -0.325 e. The van der Waals surface area contributed by atoms with Crippen molar-refractivity contribution in [3.63, 3.8) is 0 Å². The maximum atomic E-state index is 12.5. The average molecular weight is 345 g/mol. The molecule has 1 atom stereocenters. The van der Waals surface area contributed by atoms with Crippen LogP contribution in [0.15, 0.2) is 23.4 Å². The van der Waals surface area contributed by atoms with Gasteiger partial charge < -0.3 is 5.32 Å². The largest absolute Gasteiger partial charge is 0.325 e. The van der Waals surface area contributed by atoms with E-state index in [4.69, 9.17) is 0 Å². The van der Waals surface area contributed by atoms with E-state index >= 15 is 0 Å². The highest BCUT2D eigenvalue weighted by Gasteiger charge is 2.24. The lowest BCUT2D eigenvalue weighted by atomic mass is 10.1. The third-order valence-corrected chi connectivity index (χ3v) is 5.48. The molecule has 1 amide bonds. The molecule has 0 saturated heterocycles. The van der Waals surface area contributed by atoms with Crippen molar-refractivity contribution in [3.8, 4) is 0 Å². The summed E-state index contributed by atoms with van der Waals surface area (Å²) in [7, 11) is 0. The lowest BCUT2D eigenvalue weighted by Gasteiger charge is -2.15. The second-order valence-electron chi connectivity index (χ2n) is 6.41. The molecule has 0 aliphatic heterocycles. The number of thioether (sulfide) groups is 1. The first kappa shape index (κ1) is 17.0. The van der Waals surface area contributed by atoms with Gasteiger partial charge in [0, 0.05) is 5.69 Å². The van der Waals surface area contributed by atoms with Gasteiger partial charge in [0.1, 0.15) is 0 Å². The number of aromatic nitrogens is 4. The topological polar surface area (TPSA) is 72.7 Å². The van der Waals surface area contributed by atoms with Gasteiger partial charge >= 0.3 is 0 Å². The van der Waals surface area contributed by atoms with Crippen molar-refractivity contribution in [2.75, 3.05) is 5.32 Å². The molecule has 1 aliphatic rings. The van der Waals surface area contributed by atoms with Crippen molar-refractivity contribution in [1.82, 2.24) is 20.2 Å². The van der Waals surface area contributed by atoms with Crippen molar-refractivity contribution in [2.24, 2.45) is 0 Å². The number of amides is 1. The average Bonchev–Trinajstić information content (AvgIpc) is 3.21. The van der Waals surface area contributed by atoms with E-state index in [9.17, 15) is 4.79 Å². The normalized spacial score (nSPS) is 16.3. The number of carbonyl (C=O) groups excluding carboxylic acids is 1. The summed E-state index contributed by atoms with van der Waals surface area (Å²) in [6.45, 7) is 5.90.